The molecule has 0 bridgehead atoms. The van der Waals surface area contributed by atoms with Crippen LogP contribution in [0.1, 0.15) is 74.6 Å². The van der Waals surface area contributed by atoms with E-state index in [9.17, 15) is 9.59 Å². The lowest BCUT2D eigenvalue weighted by Gasteiger charge is -2.28. The Morgan fingerprint density at radius 3 is 2.42 bits per heavy atom. The Kier molecular flexibility index (Phi) is 11.5. The summed E-state index contributed by atoms with van der Waals surface area (Å²) in [5.74, 6) is 1.15. The highest BCUT2D eigenvalue weighted by Crippen LogP contribution is 2.29. The van der Waals surface area contributed by atoms with Gasteiger partial charge in [0, 0.05) is 31.4 Å². The minimum absolute atomic E-state index is 0.0889. The predicted octanol–water partition coefficient (Wildman–Crippen LogP) is 5.84. The molecule has 1 amide bonds. The van der Waals surface area contributed by atoms with Crippen molar-refractivity contribution in [2.45, 2.75) is 72.4 Å². The summed E-state index contributed by atoms with van der Waals surface area (Å²) in [4.78, 5) is 39.7. The fourth-order valence-electron chi connectivity index (χ4n) is 5.71. The number of anilines is 1. The number of carbonyl (C=O) groups excluding carboxylic acids is 2. The highest BCUT2D eigenvalue weighted by atomic mass is 16.5. The molecule has 4 aromatic rings. The number of aromatic nitrogens is 3. The molecule has 2 aromatic heterocycles. The van der Waals surface area contributed by atoms with E-state index in [0.717, 1.165) is 84.9 Å². The first kappa shape index (κ1) is 31.9. The number of pyridine rings is 1. The maximum atomic E-state index is 13.8. The number of unbranched alkanes of at least 4 members (excludes halogenated alkanes) is 1. The van der Waals surface area contributed by atoms with Crippen LogP contribution in [-0.4, -0.2) is 69.5 Å². The number of para-hydroxylation sites is 1. The third-order valence-corrected chi connectivity index (χ3v) is 7.77. The van der Waals surface area contributed by atoms with Crippen LogP contribution < -0.4 is 5.73 Å². The Bertz CT molecular complexity index is 1530. The lowest BCUT2D eigenvalue weighted by molar-refractivity contribution is -0.133. The number of carbonyl (C=O) groups is 2. The largest absolute Gasteiger partial charge is 0.465 e. The van der Waals surface area contributed by atoms with E-state index < -0.39 is 0 Å². The number of benzene rings is 2. The first-order valence-electron chi connectivity index (χ1n) is 15.6. The van der Waals surface area contributed by atoms with E-state index in [0.29, 0.717) is 37.6 Å². The number of esters is 1. The van der Waals surface area contributed by atoms with Gasteiger partial charge in [-0.2, -0.15) is 0 Å². The number of imidazole rings is 1. The third-order valence-electron chi connectivity index (χ3n) is 7.77. The molecule has 2 N–H and O–H groups in total. The van der Waals surface area contributed by atoms with Crippen LogP contribution in [0.2, 0.25) is 0 Å². The second-order valence-corrected chi connectivity index (χ2v) is 11.1. The molecule has 0 aliphatic heterocycles. The molecule has 0 saturated carbocycles. The second kappa shape index (κ2) is 15.5. The monoisotopic (exact) mass is 586 g/mol. The fourth-order valence-corrected chi connectivity index (χ4v) is 5.71. The molecule has 0 unspecified atom stereocenters. The third kappa shape index (κ3) is 7.90. The summed E-state index contributed by atoms with van der Waals surface area (Å²) in [6.45, 7) is 10.3. The Labute approximate surface area is 255 Å². The number of hydrogen-bond donors (Lipinski definition) is 1. The molecule has 230 valence electrons. The molecule has 0 spiro atoms. The van der Waals surface area contributed by atoms with Gasteiger partial charge < -0.3 is 19.9 Å². The van der Waals surface area contributed by atoms with Crippen LogP contribution in [0.3, 0.4) is 0 Å². The van der Waals surface area contributed by atoms with Crippen LogP contribution in [0.5, 0.6) is 0 Å². The van der Waals surface area contributed by atoms with Crippen LogP contribution in [0.25, 0.3) is 21.9 Å². The molecule has 0 atom stereocenters. The van der Waals surface area contributed by atoms with Crippen molar-refractivity contribution in [3.05, 3.63) is 65.5 Å². The summed E-state index contributed by atoms with van der Waals surface area (Å²) in [7, 11) is 1.38. The first-order valence-corrected chi connectivity index (χ1v) is 15.6. The van der Waals surface area contributed by atoms with E-state index in [1.54, 1.807) is 6.07 Å². The van der Waals surface area contributed by atoms with Crippen molar-refractivity contribution in [2.24, 2.45) is 0 Å². The lowest BCUT2D eigenvalue weighted by Crippen LogP contribution is -2.41. The minimum Gasteiger partial charge on any atom is -0.465 e. The van der Waals surface area contributed by atoms with E-state index in [1.165, 1.54) is 7.11 Å². The minimum atomic E-state index is -0.385. The number of nitrogens with zero attached hydrogens (tertiary/aromatic N) is 5. The average molecular weight is 587 g/mol. The van der Waals surface area contributed by atoms with Crippen molar-refractivity contribution in [3.63, 3.8) is 0 Å². The molecule has 9 nitrogen and oxygen atoms in total. The van der Waals surface area contributed by atoms with Gasteiger partial charge in [-0.3, -0.25) is 9.69 Å². The Balaban J connectivity index is 1.62. The van der Waals surface area contributed by atoms with Crippen molar-refractivity contribution in [2.75, 3.05) is 39.0 Å². The number of ether oxygens (including phenoxy) is 1. The van der Waals surface area contributed by atoms with Gasteiger partial charge in [-0.05, 0) is 62.5 Å². The number of aryl methyl sites for hydroxylation is 2. The number of methoxy groups -OCH3 is 1. The van der Waals surface area contributed by atoms with Gasteiger partial charge >= 0.3 is 5.97 Å². The number of hydrogen-bond acceptors (Lipinski definition) is 7. The van der Waals surface area contributed by atoms with E-state index in [4.69, 9.17) is 15.5 Å². The molecule has 0 aliphatic carbocycles. The standard InChI is InChI=1S/C34H46N6O3/c1-5-8-17-29-37-31-32(27-15-9-10-16-28(27)36-33(31)35)40(29)21-12-20-39(30(41)24-38(18-6-2)19-7-3)23-25-13-11-14-26(22-25)34(42)43-4/h9-11,13-16,22H,5-8,12,17-21,23-24H2,1-4H3,(H2,35,36). The number of nitrogens with two attached hydrogens (primary N) is 1. The number of rotatable bonds is 16. The normalized spacial score (nSPS) is 11.5. The van der Waals surface area contributed by atoms with Crippen LogP contribution in [-0.2, 0) is 29.0 Å². The second-order valence-electron chi connectivity index (χ2n) is 11.1. The summed E-state index contributed by atoms with van der Waals surface area (Å²) in [5, 5.41) is 1.03. The van der Waals surface area contributed by atoms with Gasteiger partial charge in [0.25, 0.3) is 0 Å². The van der Waals surface area contributed by atoms with Crippen molar-refractivity contribution >= 4 is 39.6 Å². The van der Waals surface area contributed by atoms with Gasteiger partial charge in [0.05, 0.1) is 30.3 Å². The van der Waals surface area contributed by atoms with Gasteiger partial charge in [-0.1, -0.05) is 57.5 Å². The van der Waals surface area contributed by atoms with Gasteiger partial charge in [0.1, 0.15) is 11.3 Å². The number of fused-ring (bicyclic) bond motifs is 3. The molecule has 9 heteroatoms. The molecule has 4 rings (SSSR count). The highest BCUT2D eigenvalue weighted by molar-refractivity contribution is 6.06. The van der Waals surface area contributed by atoms with E-state index in [1.807, 2.05) is 41.3 Å². The van der Waals surface area contributed by atoms with Crippen molar-refractivity contribution in [1.29, 1.82) is 0 Å². The van der Waals surface area contributed by atoms with Gasteiger partial charge in [0.15, 0.2) is 5.82 Å². The number of nitrogen functional groups attached to an aromatic ring is 1. The first-order chi connectivity index (χ1) is 20.9. The van der Waals surface area contributed by atoms with E-state index >= 15 is 0 Å². The average Bonchev–Trinajstić information content (AvgIpc) is 3.38. The maximum Gasteiger partial charge on any atom is 0.337 e. The SMILES string of the molecule is CCCCc1nc2c(N)nc3ccccc3c2n1CCCN(Cc1cccc(C(=O)OC)c1)C(=O)CN(CCC)CCC. The summed E-state index contributed by atoms with van der Waals surface area (Å²) < 4.78 is 7.21. The molecule has 43 heavy (non-hydrogen) atoms. The number of amides is 1. The molecule has 2 heterocycles. The van der Waals surface area contributed by atoms with Gasteiger partial charge in [-0.15, -0.1) is 0 Å². The zero-order chi connectivity index (χ0) is 30.8. The topological polar surface area (TPSA) is 107 Å². The molecule has 0 radical (unpaired) electrons. The highest BCUT2D eigenvalue weighted by Gasteiger charge is 2.20. The molecular weight excluding hydrogens is 540 g/mol. The summed E-state index contributed by atoms with van der Waals surface area (Å²) in [6, 6.07) is 15.4. The van der Waals surface area contributed by atoms with Crippen LogP contribution in [0.15, 0.2) is 48.5 Å². The van der Waals surface area contributed by atoms with E-state index in [-0.39, 0.29) is 11.9 Å². The predicted molar refractivity (Wildman–Crippen MR) is 173 cm³/mol. The zero-order valence-corrected chi connectivity index (χ0v) is 26.1. The summed E-state index contributed by atoms with van der Waals surface area (Å²) in [6.07, 6.45) is 5.68. The molecular formula is C34H46N6O3. The molecule has 2 aromatic carbocycles. The van der Waals surface area contributed by atoms with Crippen molar-refractivity contribution in [3.8, 4) is 0 Å². The van der Waals surface area contributed by atoms with Crippen molar-refractivity contribution < 1.29 is 14.3 Å². The molecule has 0 aliphatic rings. The Morgan fingerprint density at radius 2 is 1.70 bits per heavy atom. The van der Waals surface area contributed by atoms with E-state index in [2.05, 4.69) is 41.3 Å². The van der Waals surface area contributed by atoms with Gasteiger partial charge in [-0.25, -0.2) is 14.8 Å². The Hall–Kier alpha value is -3.98. The Morgan fingerprint density at radius 1 is 0.930 bits per heavy atom. The van der Waals surface area contributed by atoms with Crippen molar-refractivity contribution in [1.82, 2.24) is 24.3 Å². The summed E-state index contributed by atoms with van der Waals surface area (Å²) in [5.41, 5.74) is 10.4. The maximum absolute atomic E-state index is 13.8. The molecule has 0 saturated heterocycles. The fraction of sp³-hybridized carbons (Fsp3) is 0.471. The summed E-state index contributed by atoms with van der Waals surface area (Å²) >= 11 is 0. The van der Waals surface area contributed by atoms with Gasteiger partial charge in [0.2, 0.25) is 5.91 Å². The smallest absolute Gasteiger partial charge is 0.337 e. The zero-order valence-electron chi connectivity index (χ0n) is 26.1. The quantitative estimate of drug-likeness (QED) is 0.165. The van der Waals surface area contributed by atoms with Crippen LogP contribution in [0.4, 0.5) is 5.82 Å². The van der Waals surface area contributed by atoms with Crippen LogP contribution in [0, 0.1) is 0 Å². The molecule has 0 fully saturated rings. The lowest BCUT2D eigenvalue weighted by atomic mass is 10.1. The van der Waals surface area contributed by atoms with Crippen LogP contribution >= 0.6 is 0 Å².